The minimum atomic E-state index is -0.390. The second-order valence-corrected chi connectivity index (χ2v) is 10.2. The second kappa shape index (κ2) is 12.5. The van der Waals surface area contributed by atoms with Crippen LogP contribution in [0.1, 0.15) is 74.5 Å². The van der Waals surface area contributed by atoms with E-state index in [4.69, 9.17) is 4.74 Å². The zero-order chi connectivity index (χ0) is 24.6. The number of unbranched alkanes of at least 4 members (excludes halogenated alkanes) is 1. The molecule has 0 radical (unpaired) electrons. The van der Waals surface area contributed by atoms with Crippen LogP contribution in [0, 0.1) is 5.92 Å². The topological polar surface area (TPSA) is 87.6 Å². The smallest absolute Gasteiger partial charge is 0.271 e. The van der Waals surface area contributed by atoms with Crippen molar-refractivity contribution in [3.63, 3.8) is 0 Å². The van der Waals surface area contributed by atoms with Crippen LogP contribution in [0.3, 0.4) is 0 Å². The van der Waals surface area contributed by atoms with Crippen LogP contribution in [0.15, 0.2) is 30.3 Å². The molecule has 1 aliphatic heterocycles. The van der Waals surface area contributed by atoms with Crippen molar-refractivity contribution >= 4 is 5.91 Å². The number of ether oxygens (including phenoxy) is 1. The first-order valence-electron chi connectivity index (χ1n) is 13.3. The average molecular weight is 481 g/mol. The summed E-state index contributed by atoms with van der Waals surface area (Å²) < 4.78 is 6.19. The van der Waals surface area contributed by atoms with Crippen LogP contribution in [0.5, 0.6) is 5.75 Å². The number of hydrogen-bond donors (Lipinski definition) is 2. The first-order chi connectivity index (χ1) is 17.0. The molecule has 2 aromatic rings. The molecule has 4 rings (SSSR count). The van der Waals surface area contributed by atoms with Crippen molar-refractivity contribution in [1.29, 1.82) is 0 Å². The maximum atomic E-state index is 12.9. The minimum Gasteiger partial charge on any atom is -0.490 e. The SMILES string of the molecule is CCCCc1nnc(C(=O)NCC2CN(C)CCC2O)cc1-c1ccc(OC2CCCCC2)cc1. The maximum Gasteiger partial charge on any atom is 0.271 e. The fraction of sp³-hybridized carbons (Fsp3) is 0.607. The minimum absolute atomic E-state index is 0.0191. The molecule has 2 aliphatic rings. The first-order valence-corrected chi connectivity index (χ1v) is 13.3. The van der Waals surface area contributed by atoms with E-state index in [-0.39, 0.29) is 17.9 Å². The van der Waals surface area contributed by atoms with Gasteiger partial charge in [-0.25, -0.2) is 0 Å². The summed E-state index contributed by atoms with van der Waals surface area (Å²) in [6.45, 7) is 4.23. The number of carbonyl (C=O) groups excluding carboxylic acids is 1. The van der Waals surface area contributed by atoms with Crippen molar-refractivity contribution in [2.24, 2.45) is 5.92 Å². The van der Waals surface area contributed by atoms with Gasteiger partial charge in [-0.15, -0.1) is 5.10 Å². The van der Waals surface area contributed by atoms with E-state index in [1.807, 2.05) is 25.2 Å². The first kappa shape index (κ1) is 25.6. The van der Waals surface area contributed by atoms with Gasteiger partial charge in [0.2, 0.25) is 0 Å². The standard InChI is InChI=1S/C28H40N4O3/c1-3-4-10-25-24(20-11-13-23(14-12-20)35-22-8-6-5-7-9-22)17-26(31-30-25)28(34)29-18-21-19-32(2)16-15-27(21)33/h11-14,17,21-22,27,33H,3-10,15-16,18-19H2,1-2H3,(H,29,34). The summed E-state index contributed by atoms with van der Waals surface area (Å²) in [5.41, 5.74) is 3.18. The van der Waals surface area contributed by atoms with Crippen molar-refractivity contribution in [3.05, 3.63) is 41.7 Å². The van der Waals surface area contributed by atoms with Gasteiger partial charge in [-0.1, -0.05) is 31.9 Å². The Balaban J connectivity index is 1.47. The van der Waals surface area contributed by atoms with Crippen molar-refractivity contribution < 1.29 is 14.6 Å². The Bertz CT molecular complexity index is 959. The van der Waals surface area contributed by atoms with E-state index in [2.05, 4.69) is 39.5 Å². The van der Waals surface area contributed by atoms with Gasteiger partial charge in [0, 0.05) is 31.1 Å². The molecule has 1 aromatic carbocycles. The number of nitrogens with one attached hydrogen (secondary N) is 1. The van der Waals surface area contributed by atoms with Crippen LogP contribution in [-0.4, -0.2) is 65.0 Å². The number of aliphatic hydroxyl groups excluding tert-OH is 1. The number of likely N-dealkylation sites (tertiary alicyclic amines) is 1. The number of aryl methyl sites for hydroxylation is 1. The van der Waals surface area contributed by atoms with E-state index in [1.54, 1.807) is 0 Å². The molecule has 1 saturated heterocycles. The molecule has 2 heterocycles. The van der Waals surface area contributed by atoms with E-state index < -0.39 is 0 Å². The Kier molecular flexibility index (Phi) is 9.10. The lowest BCUT2D eigenvalue weighted by Gasteiger charge is -2.33. The molecule has 7 heteroatoms. The van der Waals surface area contributed by atoms with Gasteiger partial charge in [-0.2, -0.15) is 5.10 Å². The highest BCUT2D eigenvalue weighted by molar-refractivity contribution is 5.93. The van der Waals surface area contributed by atoms with Gasteiger partial charge in [0.15, 0.2) is 5.69 Å². The Morgan fingerprint density at radius 1 is 1.14 bits per heavy atom. The van der Waals surface area contributed by atoms with Crippen LogP contribution in [0.25, 0.3) is 11.1 Å². The summed E-state index contributed by atoms with van der Waals surface area (Å²) in [6, 6.07) is 10.0. The largest absolute Gasteiger partial charge is 0.490 e. The Morgan fingerprint density at radius 3 is 2.66 bits per heavy atom. The molecule has 190 valence electrons. The fourth-order valence-electron chi connectivity index (χ4n) is 5.11. The van der Waals surface area contributed by atoms with Gasteiger partial charge in [0.1, 0.15) is 5.75 Å². The number of piperidine rings is 1. The number of hydrogen-bond acceptors (Lipinski definition) is 6. The third-order valence-corrected chi connectivity index (χ3v) is 7.31. The van der Waals surface area contributed by atoms with Crippen LogP contribution in [0.4, 0.5) is 0 Å². The van der Waals surface area contributed by atoms with Gasteiger partial charge in [0.05, 0.1) is 17.9 Å². The number of amides is 1. The van der Waals surface area contributed by atoms with E-state index in [1.165, 1.54) is 19.3 Å². The lowest BCUT2D eigenvalue weighted by atomic mass is 9.95. The molecule has 1 saturated carbocycles. The Labute approximate surface area is 209 Å². The summed E-state index contributed by atoms with van der Waals surface area (Å²) in [5.74, 6) is 0.663. The molecular formula is C28H40N4O3. The zero-order valence-electron chi connectivity index (χ0n) is 21.2. The number of carbonyl (C=O) groups is 1. The van der Waals surface area contributed by atoms with Crippen molar-refractivity contribution in [2.45, 2.75) is 76.9 Å². The van der Waals surface area contributed by atoms with Gasteiger partial charge in [0.25, 0.3) is 5.91 Å². The molecule has 1 amide bonds. The number of aromatic nitrogens is 2. The highest BCUT2D eigenvalue weighted by atomic mass is 16.5. The van der Waals surface area contributed by atoms with E-state index >= 15 is 0 Å². The van der Waals surface area contributed by atoms with Crippen LogP contribution in [-0.2, 0) is 6.42 Å². The van der Waals surface area contributed by atoms with E-state index in [0.717, 1.165) is 74.2 Å². The fourth-order valence-corrected chi connectivity index (χ4v) is 5.11. The Morgan fingerprint density at radius 2 is 1.91 bits per heavy atom. The quantitative estimate of drug-likeness (QED) is 0.558. The van der Waals surface area contributed by atoms with Crippen molar-refractivity contribution in [1.82, 2.24) is 20.4 Å². The molecule has 2 unspecified atom stereocenters. The molecule has 2 fully saturated rings. The number of benzene rings is 1. The molecule has 35 heavy (non-hydrogen) atoms. The molecule has 0 spiro atoms. The van der Waals surface area contributed by atoms with Crippen LogP contribution in [0.2, 0.25) is 0 Å². The molecule has 2 N–H and O–H groups in total. The number of rotatable bonds is 9. The van der Waals surface area contributed by atoms with E-state index in [0.29, 0.717) is 18.3 Å². The van der Waals surface area contributed by atoms with Gasteiger partial charge < -0.3 is 20.1 Å². The lowest BCUT2D eigenvalue weighted by Crippen LogP contribution is -2.46. The van der Waals surface area contributed by atoms with Crippen LogP contribution >= 0.6 is 0 Å². The van der Waals surface area contributed by atoms with Gasteiger partial charge in [-0.3, -0.25) is 4.79 Å². The third-order valence-electron chi connectivity index (χ3n) is 7.31. The maximum absolute atomic E-state index is 12.9. The Hall–Kier alpha value is -2.51. The number of nitrogens with zero attached hydrogens (tertiary/aromatic N) is 3. The summed E-state index contributed by atoms with van der Waals surface area (Å²) in [4.78, 5) is 15.1. The molecular weight excluding hydrogens is 440 g/mol. The molecule has 1 aliphatic carbocycles. The summed E-state index contributed by atoms with van der Waals surface area (Å²) >= 11 is 0. The molecule has 2 atom stereocenters. The summed E-state index contributed by atoms with van der Waals surface area (Å²) in [5, 5.41) is 22.0. The van der Waals surface area contributed by atoms with Crippen LogP contribution < -0.4 is 10.1 Å². The molecule has 7 nitrogen and oxygen atoms in total. The number of aliphatic hydroxyl groups is 1. The predicted molar refractivity (Wildman–Crippen MR) is 138 cm³/mol. The second-order valence-electron chi connectivity index (χ2n) is 10.2. The lowest BCUT2D eigenvalue weighted by molar-refractivity contribution is 0.0361. The predicted octanol–water partition coefficient (Wildman–Crippen LogP) is 4.24. The van der Waals surface area contributed by atoms with Crippen molar-refractivity contribution in [3.8, 4) is 16.9 Å². The highest BCUT2D eigenvalue weighted by Crippen LogP contribution is 2.28. The summed E-state index contributed by atoms with van der Waals surface area (Å²) in [6.07, 6.45) is 9.61. The van der Waals surface area contributed by atoms with Crippen molar-refractivity contribution in [2.75, 3.05) is 26.7 Å². The molecule has 1 aromatic heterocycles. The third kappa shape index (κ3) is 7.01. The average Bonchev–Trinajstić information content (AvgIpc) is 2.89. The monoisotopic (exact) mass is 480 g/mol. The van der Waals surface area contributed by atoms with Gasteiger partial charge in [-0.05, 0) is 75.8 Å². The van der Waals surface area contributed by atoms with E-state index in [9.17, 15) is 9.90 Å². The van der Waals surface area contributed by atoms with Gasteiger partial charge >= 0.3 is 0 Å². The zero-order valence-corrected chi connectivity index (χ0v) is 21.2. The molecule has 0 bridgehead atoms. The normalized spacial score (nSPS) is 21.6. The highest BCUT2D eigenvalue weighted by Gasteiger charge is 2.26. The summed E-state index contributed by atoms with van der Waals surface area (Å²) in [7, 11) is 2.04.